The van der Waals surface area contributed by atoms with Crippen LogP contribution in [-0.4, -0.2) is 9.78 Å². The molecule has 0 unspecified atom stereocenters. The number of nitrogens with one attached hydrogen (secondary N) is 1. The molecule has 0 aliphatic heterocycles. The third-order valence-electron chi connectivity index (χ3n) is 3.26. The van der Waals surface area contributed by atoms with E-state index in [1.54, 1.807) is 4.68 Å². The number of hydrogen-bond acceptors (Lipinski definition) is 2. The fourth-order valence-electron chi connectivity index (χ4n) is 2.24. The number of hydrogen-bond donors (Lipinski definition) is 1. The molecular weight excluding hydrogens is 258 g/mol. The minimum Gasteiger partial charge on any atom is -0.381 e. The van der Waals surface area contributed by atoms with E-state index in [-0.39, 0.29) is 0 Å². The first-order valence-electron chi connectivity index (χ1n) is 6.63. The number of halogens is 1. The summed E-state index contributed by atoms with van der Waals surface area (Å²) in [4.78, 5) is 0. The van der Waals surface area contributed by atoms with Gasteiger partial charge in [-0.05, 0) is 25.0 Å². The molecule has 4 heteroatoms. The number of benzene rings is 1. The highest BCUT2D eigenvalue weighted by molar-refractivity contribution is 6.30. The highest BCUT2D eigenvalue weighted by atomic mass is 35.5. The lowest BCUT2D eigenvalue weighted by atomic mass is 10.1. The van der Waals surface area contributed by atoms with Gasteiger partial charge in [-0.3, -0.25) is 4.68 Å². The molecule has 1 aromatic heterocycles. The van der Waals surface area contributed by atoms with Crippen molar-refractivity contribution in [1.82, 2.24) is 9.78 Å². The van der Waals surface area contributed by atoms with Crippen molar-refractivity contribution in [3.05, 3.63) is 46.2 Å². The zero-order valence-electron chi connectivity index (χ0n) is 11.7. The summed E-state index contributed by atoms with van der Waals surface area (Å²) in [6.45, 7) is 4.89. The first-order valence-corrected chi connectivity index (χ1v) is 7.01. The van der Waals surface area contributed by atoms with Gasteiger partial charge in [0.2, 0.25) is 0 Å². The molecule has 0 aliphatic rings. The van der Waals surface area contributed by atoms with Gasteiger partial charge >= 0.3 is 0 Å². The van der Waals surface area contributed by atoms with Crippen molar-refractivity contribution in [3.63, 3.8) is 0 Å². The molecule has 0 atom stereocenters. The molecule has 1 N–H and O–H groups in total. The van der Waals surface area contributed by atoms with Crippen LogP contribution in [0, 0.1) is 6.92 Å². The van der Waals surface area contributed by atoms with Crippen LogP contribution in [0.3, 0.4) is 0 Å². The van der Waals surface area contributed by atoms with Crippen molar-refractivity contribution in [2.45, 2.75) is 33.2 Å². The third kappa shape index (κ3) is 3.10. The molecule has 102 valence electrons. The lowest BCUT2D eigenvalue weighted by molar-refractivity contribution is 0.757. The summed E-state index contributed by atoms with van der Waals surface area (Å²) in [6.07, 6.45) is 2.23. The van der Waals surface area contributed by atoms with Gasteiger partial charge in [0.05, 0.1) is 5.69 Å². The van der Waals surface area contributed by atoms with Gasteiger partial charge in [-0.25, -0.2) is 0 Å². The molecule has 0 saturated carbocycles. The maximum absolute atomic E-state index is 6.24. The largest absolute Gasteiger partial charge is 0.381 e. The number of rotatable bonds is 5. The first-order chi connectivity index (χ1) is 9.13. The second-order valence-electron chi connectivity index (χ2n) is 4.74. The van der Waals surface area contributed by atoms with E-state index in [0.29, 0.717) is 11.7 Å². The zero-order valence-corrected chi connectivity index (χ0v) is 12.5. The zero-order chi connectivity index (χ0) is 13.8. The van der Waals surface area contributed by atoms with Crippen molar-refractivity contribution in [2.75, 3.05) is 5.32 Å². The van der Waals surface area contributed by atoms with Gasteiger partial charge in [0.1, 0.15) is 5.15 Å². The molecule has 19 heavy (non-hydrogen) atoms. The van der Waals surface area contributed by atoms with Crippen LogP contribution < -0.4 is 5.32 Å². The summed E-state index contributed by atoms with van der Waals surface area (Å²) in [7, 11) is 1.86. The molecule has 0 saturated heterocycles. The topological polar surface area (TPSA) is 29.9 Å². The van der Waals surface area contributed by atoms with Crippen LogP contribution >= 0.6 is 11.6 Å². The smallest absolute Gasteiger partial charge is 0.131 e. The van der Waals surface area contributed by atoms with Crippen molar-refractivity contribution in [3.8, 4) is 0 Å². The van der Waals surface area contributed by atoms with E-state index in [2.05, 4.69) is 41.6 Å². The van der Waals surface area contributed by atoms with Crippen molar-refractivity contribution in [1.29, 1.82) is 0 Å². The summed E-state index contributed by atoms with van der Waals surface area (Å²) in [6, 6.07) is 8.42. The Morgan fingerprint density at radius 3 is 2.68 bits per heavy atom. The number of anilines is 1. The number of para-hydroxylation sites is 1. The maximum atomic E-state index is 6.24. The Morgan fingerprint density at radius 2 is 2.05 bits per heavy atom. The molecular formula is C15H20ClN3. The second kappa shape index (κ2) is 6.11. The van der Waals surface area contributed by atoms with Crippen LogP contribution in [0.2, 0.25) is 5.15 Å². The predicted octanol–water partition coefficient (Wildman–Crippen LogP) is 3.95. The highest BCUT2D eigenvalue weighted by Crippen LogP contribution is 2.22. The van der Waals surface area contributed by atoms with Crippen molar-refractivity contribution >= 4 is 17.3 Å². The average Bonchev–Trinajstić information content (AvgIpc) is 2.63. The third-order valence-corrected chi connectivity index (χ3v) is 3.73. The Morgan fingerprint density at radius 1 is 1.32 bits per heavy atom. The normalized spacial score (nSPS) is 10.7. The van der Waals surface area contributed by atoms with Crippen LogP contribution in [0.1, 0.15) is 30.2 Å². The van der Waals surface area contributed by atoms with Gasteiger partial charge in [-0.2, -0.15) is 5.10 Å². The summed E-state index contributed by atoms with van der Waals surface area (Å²) in [5, 5.41) is 8.50. The van der Waals surface area contributed by atoms with Crippen molar-refractivity contribution in [2.24, 2.45) is 7.05 Å². The van der Waals surface area contributed by atoms with Crippen molar-refractivity contribution < 1.29 is 0 Å². The van der Waals surface area contributed by atoms with Crippen LogP contribution in [0.25, 0.3) is 0 Å². The van der Waals surface area contributed by atoms with Gasteiger partial charge in [-0.1, -0.05) is 43.1 Å². The van der Waals surface area contributed by atoms with Gasteiger partial charge in [0.25, 0.3) is 0 Å². The quantitative estimate of drug-likeness (QED) is 0.897. The predicted molar refractivity (Wildman–Crippen MR) is 80.7 cm³/mol. The number of nitrogens with zero attached hydrogens (tertiary/aromatic N) is 2. The van der Waals surface area contributed by atoms with E-state index in [1.165, 1.54) is 11.3 Å². The van der Waals surface area contributed by atoms with Crippen LogP contribution in [0.5, 0.6) is 0 Å². The molecule has 3 nitrogen and oxygen atoms in total. The lowest BCUT2D eigenvalue weighted by Crippen LogP contribution is -2.03. The molecule has 1 aromatic carbocycles. The Kier molecular flexibility index (Phi) is 4.48. The molecule has 2 aromatic rings. The van der Waals surface area contributed by atoms with Crippen LogP contribution in [0.15, 0.2) is 24.3 Å². The fourth-order valence-corrected chi connectivity index (χ4v) is 2.48. The minimum absolute atomic E-state index is 0.706. The fraction of sp³-hybridized carbons (Fsp3) is 0.400. The summed E-state index contributed by atoms with van der Waals surface area (Å²) in [5.41, 5.74) is 4.58. The second-order valence-corrected chi connectivity index (χ2v) is 5.10. The van der Waals surface area contributed by atoms with E-state index in [4.69, 9.17) is 11.6 Å². The van der Waals surface area contributed by atoms with Gasteiger partial charge in [0, 0.05) is 24.8 Å². The number of aryl methyl sites for hydroxylation is 3. The molecule has 2 rings (SSSR count). The highest BCUT2D eigenvalue weighted by Gasteiger charge is 2.11. The van der Waals surface area contributed by atoms with E-state index in [1.807, 2.05) is 14.0 Å². The summed E-state index contributed by atoms with van der Waals surface area (Å²) >= 11 is 6.24. The van der Waals surface area contributed by atoms with Gasteiger partial charge in [0.15, 0.2) is 0 Å². The van der Waals surface area contributed by atoms with Gasteiger partial charge in [-0.15, -0.1) is 0 Å². The Bertz CT molecular complexity index is 561. The molecule has 0 fully saturated rings. The monoisotopic (exact) mass is 277 g/mol. The SMILES string of the molecule is CCCc1ccccc1NCc1c(C)nn(C)c1Cl. The Hall–Kier alpha value is -1.48. The minimum atomic E-state index is 0.706. The van der Waals surface area contributed by atoms with Crippen LogP contribution in [0.4, 0.5) is 5.69 Å². The van der Waals surface area contributed by atoms with E-state index < -0.39 is 0 Å². The van der Waals surface area contributed by atoms with E-state index >= 15 is 0 Å². The Balaban J connectivity index is 2.14. The Labute approximate surface area is 119 Å². The molecule has 0 amide bonds. The molecule has 0 bridgehead atoms. The summed E-state index contributed by atoms with van der Waals surface area (Å²) in [5.74, 6) is 0. The number of aromatic nitrogens is 2. The lowest BCUT2D eigenvalue weighted by Gasteiger charge is -2.11. The molecule has 0 radical (unpaired) electrons. The average molecular weight is 278 g/mol. The maximum Gasteiger partial charge on any atom is 0.131 e. The molecule has 0 aliphatic carbocycles. The van der Waals surface area contributed by atoms with E-state index in [0.717, 1.165) is 24.1 Å². The first kappa shape index (κ1) is 13.9. The van der Waals surface area contributed by atoms with Gasteiger partial charge < -0.3 is 5.32 Å². The molecule has 1 heterocycles. The molecule has 0 spiro atoms. The van der Waals surface area contributed by atoms with E-state index in [9.17, 15) is 0 Å². The van der Waals surface area contributed by atoms with Crippen LogP contribution in [-0.2, 0) is 20.0 Å². The standard InChI is InChI=1S/C15H20ClN3/c1-4-7-12-8-5-6-9-14(12)17-10-13-11(2)18-19(3)15(13)16/h5-6,8-9,17H,4,7,10H2,1-3H3. The summed E-state index contributed by atoms with van der Waals surface area (Å²) < 4.78 is 1.71.